The Morgan fingerprint density at radius 1 is 0.968 bits per heavy atom. The van der Waals surface area contributed by atoms with Crippen LogP contribution in [0.15, 0.2) is 77.4 Å². The number of hydrogen-bond donors (Lipinski definition) is 5. The van der Waals surface area contributed by atoms with Crippen LogP contribution in [0.3, 0.4) is 0 Å². The third-order valence-electron chi connectivity index (χ3n) is 11.6. The number of anilines is 3. The molecule has 322 valence electrons. The van der Waals surface area contributed by atoms with Crippen LogP contribution < -0.4 is 31.1 Å². The lowest BCUT2D eigenvalue weighted by Gasteiger charge is -2.34. The van der Waals surface area contributed by atoms with E-state index in [9.17, 15) is 14.4 Å². The van der Waals surface area contributed by atoms with Crippen LogP contribution in [0.1, 0.15) is 80.6 Å². The molecule has 0 saturated carbocycles. The molecule has 15 nitrogen and oxygen atoms in total. The number of nitrogens with zero attached hydrogens (tertiary/aromatic N) is 6. The Hall–Kier alpha value is -6.68. The van der Waals surface area contributed by atoms with Gasteiger partial charge in [0, 0.05) is 78.6 Å². The van der Waals surface area contributed by atoms with Gasteiger partial charge in [0.2, 0.25) is 11.8 Å². The largest absolute Gasteiger partial charge is 0.384 e. The first-order chi connectivity index (χ1) is 29.8. The fraction of sp³-hybridized carbons (Fsp3) is 0.370. The number of aryl methyl sites for hydroxylation is 1. The number of aromatic nitrogens is 5. The molecule has 2 saturated heterocycles. The molecule has 0 unspecified atom stereocenters. The van der Waals surface area contributed by atoms with Gasteiger partial charge in [-0.1, -0.05) is 50.2 Å². The number of hydrogen-bond acceptors (Lipinski definition) is 11. The van der Waals surface area contributed by atoms with Crippen LogP contribution in [0.5, 0.6) is 0 Å². The number of fused-ring (bicyclic) bond motifs is 1. The van der Waals surface area contributed by atoms with Crippen molar-refractivity contribution in [3.63, 3.8) is 0 Å². The molecule has 2 aliphatic heterocycles. The zero-order valence-corrected chi connectivity index (χ0v) is 35.6. The van der Waals surface area contributed by atoms with E-state index < -0.39 is 11.9 Å². The summed E-state index contributed by atoms with van der Waals surface area (Å²) in [4.78, 5) is 49.0. The van der Waals surface area contributed by atoms with E-state index in [1.807, 2.05) is 52.9 Å². The minimum Gasteiger partial charge on any atom is -0.384 e. The van der Waals surface area contributed by atoms with Gasteiger partial charge in [0.25, 0.3) is 11.7 Å². The molecule has 5 heterocycles. The van der Waals surface area contributed by atoms with Gasteiger partial charge in [-0.2, -0.15) is 10.1 Å². The highest BCUT2D eigenvalue weighted by Gasteiger charge is 2.28. The summed E-state index contributed by atoms with van der Waals surface area (Å²) in [6, 6.07) is 20.6. The Morgan fingerprint density at radius 3 is 2.45 bits per heavy atom. The summed E-state index contributed by atoms with van der Waals surface area (Å²) >= 11 is 0. The predicted octanol–water partition coefficient (Wildman–Crippen LogP) is 7.28. The highest BCUT2D eigenvalue weighted by Crippen LogP contribution is 2.33. The molecule has 0 bridgehead atoms. The van der Waals surface area contributed by atoms with Gasteiger partial charge in [0.1, 0.15) is 5.82 Å². The van der Waals surface area contributed by atoms with Crippen molar-refractivity contribution in [3.05, 3.63) is 102 Å². The third-order valence-corrected chi connectivity index (χ3v) is 11.6. The van der Waals surface area contributed by atoms with Crippen molar-refractivity contribution >= 4 is 45.9 Å². The molecule has 2 aliphatic rings. The van der Waals surface area contributed by atoms with Gasteiger partial charge < -0.3 is 25.4 Å². The number of piperidine rings is 1. The number of halogens is 1. The van der Waals surface area contributed by atoms with Gasteiger partial charge in [-0.05, 0) is 98.3 Å². The summed E-state index contributed by atoms with van der Waals surface area (Å²) in [6.45, 7) is 14.0. The molecule has 0 spiro atoms. The van der Waals surface area contributed by atoms with Gasteiger partial charge >= 0.3 is 6.03 Å². The minimum atomic E-state index is -0.520. The van der Waals surface area contributed by atoms with Crippen LogP contribution in [0.4, 0.5) is 26.2 Å². The summed E-state index contributed by atoms with van der Waals surface area (Å²) in [5.41, 5.74) is 8.11. The molecule has 2 fully saturated rings. The van der Waals surface area contributed by atoms with Crippen molar-refractivity contribution in [1.82, 2.24) is 41.3 Å². The summed E-state index contributed by atoms with van der Waals surface area (Å²) in [7, 11) is 0. The van der Waals surface area contributed by atoms with E-state index in [1.54, 1.807) is 12.1 Å². The topological polar surface area (TPSA) is 186 Å². The van der Waals surface area contributed by atoms with Crippen molar-refractivity contribution in [2.24, 2.45) is 5.92 Å². The van der Waals surface area contributed by atoms with Crippen LogP contribution in [0.2, 0.25) is 0 Å². The molecule has 8 rings (SSSR count). The number of carbonyl (C=O) groups is 3. The second-order valence-electron chi connectivity index (χ2n) is 17.2. The van der Waals surface area contributed by atoms with Crippen molar-refractivity contribution in [2.75, 3.05) is 54.4 Å². The summed E-state index contributed by atoms with van der Waals surface area (Å²) in [5.74, 6) is -0.149. The molecule has 0 radical (unpaired) electrons. The van der Waals surface area contributed by atoms with Gasteiger partial charge in [0.05, 0.1) is 17.4 Å². The second-order valence-corrected chi connectivity index (χ2v) is 17.2. The van der Waals surface area contributed by atoms with Crippen molar-refractivity contribution < 1.29 is 23.3 Å². The maximum absolute atomic E-state index is 15.2. The average Bonchev–Trinajstić information content (AvgIpc) is 3.93. The molecular formula is C46H52FN11O4. The number of H-pyrrole nitrogens is 1. The van der Waals surface area contributed by atoms with E-state index in [4.69, 9.17) is 4.52 Å². The number of aromatic amines is 1. The van der Waals surface area contributed by atoms with Crippen molar-refractivity contribution in [2.45, 2.75) is 65.3 Å². The average molecular weight is 842 g/mol. The number of urea groups is 1. The lowest BCUT2D eigenvalue weighted by Crippen LogP contribution is -2.49. The first-order valence-electron chi connectivity index (χ1n) is 21.1. The summed E-state index contributed by atoms with van der Waals surface area (Å²) < 4.78 is 20.5. The molecule has 1 atom stereocenters. The Balaban J connectivity index is 0.799. The molecule has 16 heteroatoms. The number of nitrogens with one attached hydrogen (secondary N) is 5. The predicted molar refractivity (Wildman–Crippen MR) is 237 cm³/mol. The molecule has 5 N–H and O–H groups in total. The lowest BCUT2D eigenvalue weighted by atomic mass is 9.96. The first kappa shape index (κ1) is 42.0. The summed E-state index contributed by atoms with van der Waals surface area (Å²) in [6.07, 6.45) is 3.94. The van der Waals surface area contributed by atoms with Crippen LogP contribution in [0.25, 0.3) is 33.4 Å². The number of imide groups is 1. The molecule has 0 aliphatic carbocycles. The molecular weight excluding hydrogens is 790 g/mol. The molecule has 3 aromatic carbocycles. The van der Waals surface area contributed by atoms with Gasteiger partial charge in [-0.25, -0.2) is 14.2 Å². The fourth-order valence-electron chi connectivity index (χ4n) is 8.04. The molecule has 4 amide bonds. The number of amides is 4. The Labute approximate surface area is 359 Å². The maximum atomic E-state index is 15.2. The van der Waals surface area contributed by atoms with E-state index in [-0.39, 0.29) is 42.0 Å². The van der Waals surface area contributed by atoms with Crippen molar-refractivity contribution in [1.29, 1.82) is 0 Å². The van der Waals surface area contributed by atoms with Gasteiger partial charge in [-0.15, -0.1) is 0 Å². The monoisotopic (exact) mass is 841 g/mol. The zero-order valence-electron chi connectivity index (χ0n) is 35.6. The number of pyridine rings is 1. The SMILES string of the molecule is Cc1cc(-c2[nH]nc3ncc(-c4ccc(NCCNCC5CCN(c6ccc(N7CCC(=O)NC7=O)cc6F)CC5)cc4)cc23)ccc1[C@@H](C)NC(=O)c1noc(C(C)(C)C)n1. The Bertz CT molecular complexity index is 2590. The van der Waals surface area contributed by atoms with Gasteiger partial charge in [-0.3, -0.25) is 24.9 Å². The molecule has 62 heavy (non-hydrogen) atoms. The van der Waals surface area contributed by atoms with Crippen LogP contribution >= 0.6 is 0 Å². The first-order valence-corrected chi connectivity index (χ1v) is 21.1. The van der Waals surface area contributed by atoms with E-state index in [2.05, 4.69) is 87.9 Å². The normalized spacial score (nSPS) is 15.5. The van der Waals surface area contributed by atoms with E-state index in [0.717, 1.165) is 90.2 Å². The maximum Gasteiger partial charge on any atom is 0.328 e. The fourth-order valence-corrected chi connectivity index (χ4v) is 8.04. The Morgan fingerprint density at radius 2 is 1.74 bits per heavy atom. The number of carbonyl (C=O) groups excluding carboxylic acids is 3. The highest BCUT2D eigenvalue weighted by molar-refractivity contribution is 6.05. The van der Waals surface area contributed by atoms with Crippen LogP contribution in [0, 0.1) is 18.7 Å². The molecule has 3 aromatic heterocycles. The Kier molecular flexibility index (Phi) is 12.0. The van der Waals surface area contributed by atoms with Crippen LogP contribution in [-0.4, -0.2) is 82.4 Å². The number of benzene rings is 3. The standard InChI is InChI=1S/C46H52FN11O4/c1-27-22-31(8-12-35(27)28(2)51-43(60)42-53-44(62-56-42)46(3,4)5)40-36-23-32(26-50-41(36)55-54-40)30-6-9-33(10-7-30)49-18-17-48-25-29-14-19-57(20-15-29)38-13-11-34(24-37(38)47)58-21-16-39(59)52-45(58)61/h6-13,22-24,26,28-29,48-49H,14-21,25H2,1-5H3,(H,51,60)(H,50,54,55)(H,52,59,61)/t28-/m1/s1. The van der Waals surface area contributed by atoms with Crippen molar-refractivity contribution in [3.8, 4) is 22.4 Å². The quantitative estimate of drug-likeness (QED) is 0.0737. The van der Waals surface area contributed by atoms with E-state index in [1.165, 1.54) is 11.0 Å². The lowest BCUT2D eigenvalue weighted by molar-refractivity contribution is -0.120. The number of rotatable bonds is 13. The molecule has 6 aromatic rings. The zero-order chi connectivity index (χ0) is 43.5. The van der Waals surface area contributed by atoms with Gasteiger partial charge in [0.15, 0.2) is 5.65 Å². The highest BCUT2D eigenvalue weighted by atomic mass is 19.1. The minimum absolute atomic E-state index is 0.0130. The second kappa shape index (κ2) is 17.7. The van der Waals surface area contributed by atoms with E-state index >= 15 is 4.39 Å². The third kappa shape index (κ3) is 9.29. The van der Waals surface area contributed by atoms with E-state index in [0.29, 0.717) is 28.8 Å². The summed E-state index contributed by atoms with van der Waals surface area (Å²) in [5, 5.41) is 24.8. The smallest absolute Gasteiger partial charge is 0.328 e. The van der Waals surface area contributed by atoms with Crippen LogP contribution in [-0.2, 0) is 10.2 Å².